The van der Waals surface area contributed by atoms with Crippen molar-refractivity contribution in [3.63, 3.8) is 0 Å². The normalized spacial score (nSPS) is 10.8. The van der Waals surface area contributed by atoms with Gasteiger partial charge in [-0.05, 0) is 31.2 Å². The summed E-state index contributed by atoms with van der Waals surface area (Å²) in [6, 6.07) is 15.0. The molecule has 0 saturated carbocycles. The Balaban J connectivity index is 2.29. The first-order valence-electron chi connectivity index (χ1n) is 6.45. The Morgan fingerprint density at radius 3 is 2.48 bits per heavy atom. The van der Waals surface area contributed by atoms with Gasteiger partial charge in [-0.15, -0.1) is 0 Å². The van der Waals surface area contributed by atoms with Gasteiger partial charge in [-0.25, -0.2) is 9.78 Å². The van der Waals surface area contributed by atoms with Crippen LogP contribution in [0, 0.1) is 6.92 Å². The summed E-state index contributed by atoms with van der Waals surface area (Å²) < 4.78 is 0.899. The van der Waals surface area contributed by atoms with E-state index in [1.807, 2.05) is 49.4 Å². The topological polar surface area (TPSA) is 50.2 Å². The van der Waals surface area contributed by atoms with Crippen LogP contribution in [0.25, 0.3) is 22.2 Å². The van der Waals surface area contributed by atoms with Crippen LogP contribution in [0.3, 0.4) is 0 Å². The number of carboxylic acids is 1. The van der Waals surface area contributed by atoms with E-state index in [1.54, 1.807) is 6.07 Å². The van der Waals surface area contributed by atoms with Crippen molar-refractivity contribution >= 4 is 32.8 Å². The highest BCUT2D eigenvalue weighted by atomic mass is 79.9. The van der Waals surface area contributed by atoms with Gasteiger partial charge < -0.3 is 5.11 Å². The van der Waals surface area contributed by atoms with Gasteiger partial charge in [0.25, 0.3) is 0 Å². The second kappa shape index (κ2) is 5.30. The van der Waals surface area contributed by atoms with Crippen LogP contribution < -0.4 is 0 Å². The van der Waals surface area contributed by atoms with Gasteiger partial charge >= 0.3 is 5.97 Å². The smallest absolute Gasteiger partial charge is 0.337 e. The predicted molar refractivity (Wildman–Crippen MR) is 86.6 cm³/mol. The molecule has 1 aromatic heterocycles. The van der Waals surface area contributed by atoms with Gasteiger partial charge in [0.1, 0.15) is 0 Å². The standard InChI is InChI=1S/C17H12BrNO2/c1-10-2-4-11(5-3-10)16-14(17(20)21)9-12-8-13(18)6-7-15(12)19-16/h2-9H,1H3,(H,20,21). The molecule has 21 heavy (non-hydrogen) atoms. The molecule has 1 N–H and O–H groups in total. The van der Waals surface area contributed by atoms with Crippen molar-refractivity contribution in [2.24, 2.45) is 0 Å². The highest BCUT2D eigenvalue weighted by molar-refractivity contribution is 9.10. The molecule has 0 aliphatic heterocycles. The molecule has 104 valence electrons. The fourth-order valence-electron chi connectivity index (χ4n) is 2.24. The first kappa shape index (κ1) is 13.8. The number of aromatic nitrogens is 1. The molecule has 1 heterocycles. The molecule has 0 aliphatic carbocycles. The Kier molecular flexibility index (Phi) is 3.47. The number of rotatable bonds is 2. The molecule has 4 heteroatoms. The number of aryl methyl sites for hydroxylation is 1. The number of hydrogen-bond donors (Lipinski definition) is 1. The van der Waals surface area contributed by atoms with Crippen LogP contribution in [-0.2, 0) is 0 Å². The Morgan fingerprint density at radius 1 is 1.10 bits per heavy atom. The molecular formula is C17H12BrNO2. The van der Waals surface area contributed by atoms with Crippen molar-refractivity contribution in [2.75, 3.05) is 0 Å². The van der Waals surface area contributed by atoms with Crippen LogP contribution in [0.2, 0.25) is 0 Å². The molecule has 3 rings (SSSR count). The van der Waals surface area contributed by atoms with Crippen LogP contribution in [0.1, 0.15) is 15.9 Å². The monoisotopic (exact) mass is 341 g/mol. The minimum atomic E-state index is -0.972. The molecule has 3 nitrogen and oxygen atoms in total. The Hall–Kier alpha value is -2.20. The number of pyridine rings is 1. The van der Waals surface area contributed by atoms with Crippen LogP contribution in [0.4, 0.5) is 0 Å². The number of aromatic carboxylic acids is 1. The summed E-state index contributed by atoms with van der Waals surface area (Å²) >= 11 is 3.39. The lowest BCUT2D eigenvalue weighted by atomic mass is 10.0. The number of carbonyl (C=O) groups is 1. The van der Waals surface area contributed by atoms with E-state index in [-0.39, 0.29) is 5.56 Å². The van der Waals surface area contributed by atoms with E-state index in [9.17, 15) is 9.90 Å². The maximum absolute atomic E-state index is 11.5. The van der Waals surface area contributed by atoms with Gasteiger partial charge in [-0.3, -0.25) is 0 Å². The Morgan fingerprint density at radius 2 is 1.81 bits per heavy atom. The molecule has 0 atom stereocenters. The minimum absolute atomic E-state index is 0.212. The van der Waals surface area contributed by atoms with E-state index in [1.165, 1.54) is 0 Å². The van der Waals surface area contributed by atoms with E-state index in [2.05, 4.69) is 20.9 Å². The van der Waals surface area contributed by atoms with E-state index in [4.69, 9.17) is 0 Å². The van der Waals surface area contributed by atoms with Gasteiger partial charge in [0.05, 0.1) is 16.8 Å². The van der Waals surface area contributed by atoms with E-state index in [0.29, 0.717) is 5.69 Å². The fourth-order valence-corrected chi connectivity index (χ4v) is 2.62. The van der Waals surface area contributed by atoms with Crippen molar-refractivity contribution in [1.29, 1.82) is 0 Å². The molecule has 0 unspecified atom stereocenters. The highest BCUT2D eigenvalue weighted by Gasteiger charge is 2.15. The van der Waals surface area contributed by atoms with Crippen LogP contribution in [0.5, 0.6) is 0 Å². The van der Waals surface area contributed by atoms with Gasteiger partial charge in [-0.1, -0.05) is 45.8 Å². The summed E-state index contributed by atoms with van der Waals surface area (Å²) in [7, 11) is 0. The summed E-state index contributed by atoms with van der Waals surface area (Å²) in [6.07, 6.45) is 0. The van der Waals surface area contributed by atoms with Crippen LogP contribution in [-0.4, -0.2) is 16.1 Å². The van der Waals surface area contributed by atoms with Gasteiger partial charge in [0.2, 0.25) is 0 Å². The van der Waals surface area contributed by atoms with Gasteiger partial charge in [-0.2, -0.15) is 0 Å². The molecule has 0 aliphatic rings. The number of fused-ring (bicyclic) bond motifs is 1. The first-order valence-corrected chi connectivity index (χ1v) is 7.24. The second-order valence-corrected chi connectivity index (χ2v) is 5.81. The lowest BCUT2D eigenvalue weighted by molar-refractivity contribution is 0.0697. The summed E-state index contributed by atoms with van der Waals surface area (Å²) in [5.41, 5.74) is 3.42. The zero-order valence-electron chi connectivity index (χ0n) is 11.3. The zero-order valence-corrected chi connectivity index (χ0v) is 12.9. The SMILES string of the molecule is Cc1ccc(-c2nc3ccc(Br)cc3cc2C(=O)O)cc1. The average molecular weight is 342 g/mol. The molecule has 0 bridgehead atoms. The number of halogens is 1. The van der Waals surface area contributed by atoms with Crippen molar-refractivity contribution < 1.29 is 9.90 Å². The second-order valence-electron chi connectivity index (χ2n) is 4.89. The molecular weight excluding hydrogens is 330 g/mol. The molecule has 0 spiro atoms. The third-order valence-electron chi connectivity index (χ3n) is 3.33. The van der Waals surface area contributed by atoms with E-state index < -0.39 is 5.97 Å². The lowest BCUT2D eigenvalue weighted by Crippen LogP contribution is -2.02. The number of carboxylic acid groups (broad SMARTS) is 1. The number of nitrogens with zero attached hydrogens (tertiary/aromatic N) is 1. The fraction of sp³-hybridized carbons (Fsp3) is 0.0588. The summed E-state index contributed by atoms with van der Waals surface area (Å²) in [6.45, 7) is 1.99. The maximum atomic E-state index is 11.5. The molecule has 0 saturated heterocycles. The van der Waals surface area contributed by atoms with Crippen molar-refractivity contribution in [3.8, 4) is 11.3 Å². The van der Waals surface area contributed by atoms with Crippen molar-refractivity contribution in [1.82, 2.24) is 4.98 Å². The molecule has 2 aromatic carbocycles. The molecule has 0 fully saturated rings. The van der Waals surface area contributed by atoms with Gasteiger partial charge in [0, 0.05) is 15.4 Å². The summed E-state index contributed by atoms with van der Waals surface area (Å²) in [5.74, 6) is -0.972. The number of benzene rings is 2. The average Bonchev–Trinajstić information content (AvgIpc) is 2.46. The molecule has 3 aromatic rings. The largest absolute Gasteiger partial charge is 0.478 e. The minimum Gasteiger partial charge on any atom is -0.478 e. The highest BCUT2D eigenvalue weighted by Crippen LogP contribution is 2.27. The Labute approximate surface area is 130 Å². The van der Waals surface area contributed by atoms with Crippen molar-refractivity contribution in [3.05, 3.63) is 64.1 Å². The van der Waals surface area contributed by atoms with Crippen LogP contribution >= 0.6 is 15.9 Å². The van der Waals surface area contributed by atoms with Crippen LogP contribution in [0.15, 0.2) is 53.0 Å². The molecule has 0 radical (unpaired) electrons. The first-order chi connectivity index (χ1) is 10.0. The zero-order chi connectivity index (χ0) is 15.0. The van der Waals surface area contributed by atoms with E-state index in [0.717, 1.165) is 26.5 Å². The van der Waals surface area contributed by atoms with Crippen molar-refractivity contribution in [2.45, 2.75) is 6.92 Å². The van der Waals surface area contributed by atoms with E-state index >= 15 is 0 Å². The Bertz CT molecular complexity index is 841. The lowest BCUT2D eigenvalue weighted by Gasteiger charge is -2.08. The third-order valence-corrected chi connectivity index (χ3v) is 3.83. The molecule has 0 amide bonds. The van der Waals surface area contributed by atoms with Gasteiger partial charge in [0.15, 0.2) is 0 Å². The summed E-state index contributed by atoms with van der Waals surface area (Å²) in [5, 5.41) is 10.3. The predicted octanol–water partition coefficient (Wildman–Crippen LogP) is 4.67. The third kappa shape index (κ3) is 2.67. The number of hydrogen-bond acceptors (Lipinski definition) is 2. The quantitative estimate of drug-likeness (QED) is 0.736. The summed E-state index contributed by atoms with van der Waals surface area (Å²) in [4.78, 5) is 16.1. The maximum Gasteiger partial charge on any atom is 0.337 e.